The third kappa shape index (κ3) is 3.64. The van der Waals surface area contributed by atoms with Crippen molar-refractivity contribution in [3.63, 3.8) is 0 Å². The Morgan fingerprint density at radius 2 is 1.88 bits per heavy atom. The van der Waals surface area contributed by atoms with Gasteiger partial charge in [-0.15, -0.1) is 0 Å². The normalized spacial score (nSPS) is 28.5. The first-order valence-electron chi connectivity index (χ1n) is 12.1. The fourth-order valence-corrected chi connectivity index (χ4v) is 7.20. The summed E-state index contributed by atoms with van der Waals surface area (Å²) in [5, 5.41) is 0. The summed E-state index contributed by atoms with van der Waals surface area (Å²) < 4.78 is 7.77. The third-order valence-corrected chi connectivity index (χ3v) is 8.05. The molecule has 2 aromatic rings. The van der Waals surface area contributed by atoms with Gasteiger partial charge in [0.1, 0.15) is 17.3 Å². The maximum atomic E-state index is 13.5. The van der Waals surface area contributed by atoms with Gasteiger partial charge in [-0.2, -0.15) is 0 Å². The summed E-state index contributed by atoms with van der Waals surface area (Å²) in [5.74, 6) is 2.61. The number of rotatable bonds is 3. The fraction of sp³-hybridized carbons (Fsp3) is 0.630. The molecule has 5 nitrogen and oxygen atoms in total. The number of carbonyl (C=O) groups excluding carboxylic acids is 1. The van der Waals surface area contributed by atoms with Crippen LogP contribution in [0.4, 0.5) is 0 Å². The number of aromatic nitrogens is 2. The fourth-order valence-electron chi connectivity index (χ4n) is 7.20. The van der Waals surface area contributed by atoms with E-state index in [-0.39, 0.29) is 11.3 Å². The average Bonchev–Trinajstić information content (AvgIpc) is 3.23. The van der Waals surface area contributed by atoms with Crippen molar-refractivity contribution in [3.05, 3.63) is 46.5 Å². The maximum Gasteiger partial charge on any atom is 0.274 e. The Kier molecular flexibility index (Phi) is 4.95. The molecule has 1 saturated carbocycles. The molecule has 2 fully saturated rings. The Bertz CT molecular complexity index is 1050. The van der Waals surface area contributed by atoms with Crippen LogP contribution in [0.3, 0.4) is 0 Å². The zero-order valence-corrected chi connectivity index (χ0v) is 20.5. The first-order chi connectivity index (χ1) is 15.1. The molecule has 0 spiro atoms. The van der Waals surface area contributed by atoms with E-state index < -0.39 is 0 Å². The molecule has 3 atom stereocenters. The largest absolute Gasteiger partial charge is 0.496 e. The number of ether oxygens (including phenoxy) is 1. The minimum atomic E-state index is 0.131. The van der Waals surface area contributed by atoms with Crippen LogP contribution in [-0.2, 0) is 13.0 Å². The summed E-state index contributed by atoms with van der Waals surface area (Å²) in [6.45, 7) is 13.0. The SMILES string of the molecule is COc1c(C)cc(C2CCc3nc(C(=O)N4CC5(C)CC4CC(C)(C)C5)cn3C2)cc1C. The molecule has 3 unspecified atom stereocenters. The smallest absolute Gasteiger partial charge is 0.274 e. The molecule has 0 radical (unpaired) electrons. The topological polar surface area (TPSA) is 47.4 Å². The summed E-state index contributed by atoms with van der Waals surface area (Å²) in [6.07, 6.45) is 7.42. The van der Waals surface area contributed by atoms with E-state index in [0.717, 1.165) is 50.3 Å². The number of amides is 1. The minimum absolute atomic E-state index is 0.131. The van der Waals surface area contributed by atoms with Crippen molar-refractivity contribution in [3.8, 4) is 5.75 Å². The van der Waals surface area contributed by atoms with Crippen LogP contribution in [0, 0.1) is 24.7 Å². The van der Waals surface area contributed by atoms with Crippen molar-refractivity contribution in [2.24, 2.45) is 10.8 Å². The molecule has 5 rings (SSSR count). The second kappa shape index (κ2) is 7.36. The van der Waals surface area contributed by atoms with E-state index in [1.165, 1.54) is 23.1 Å². The van der Waals surface area contributed by atoms with Gasteiger partial charge in [-0.3, -0.25) is 4.79 Å². The first kappa shape index (κ1) is 21.5. The monoisotopic (exact) mass is 435 g/mol. The lowest BCUT2D eigenvalue weighted by Gasteiger charge is -2.39. The Balaban J connectivity index is 1.36. The summed E-state index contributed by atoms with van der Waals surface area (Å²) in [4.78, 5) is 20.5. The lowest BCUT2D eigenvalue weighted by Crippen LogP contribution is -2.37. The Labute approximate surface area is 192 Å². The number of likely N-dealkylation sites (tertiary alicyclic amines) is 1. The Morgan fingerprint density at radius 3 is 2.56 bits per heavy atom. The molecule has 2 bridgehead atoms. The van der Waals surface area contributed by atoms with Crippen LogP contribution in [0.15, 0.2) is 18.3 Å². The van der Waals surface area contributed by atoms with E-state index >= 15 is 0 Å². The van der Waals surface area contributed by atoms with Gasteiger partial charge < -0.3 is 14.2 Å². The lowest BCUT2D eigenvalue weighted by molar-refractivity contribution is 0.0702. The Morgan fingerprint density at radius 1 is 1.16 bits per heavy atom. The van der Waals surface area contributed by atoms with E-state index in [0.29, 0.717) is 23.1 Å². The molecular formula is C27H37N3O2. The second-order valence-corrected chi connectivity index (χ2v) is 11.8. The van der Waals surface area contributed by atoms with Crippen LogP contribution < -0.4 is 4.74 Å². The minimum Gasteiger partial charge on any atom is -0.496 e. The molecule has 2 aliphatic heterocycles. The van der Waals surface area contributed by atoms with E-state index in [4.69, 9.17) is 9.72 Å². The highest BCUT2D eigenvalue weighted by atomic mass is 16.5. The van der Waals surface area contributed by atoms with Gasteiger partial charge in [0.15, 0.2) is 0 Å². The van der Waals surface area contributed by atoms with Gasteiger partial charge in [0.05, 0.1) is 7.11 Å². The first-order valence-corrected chi connectivity index (χ1v) is 12.1. The molecule has 1 saturated heterocycles. The average molecular weight is 436 g/mol. The van der Waals surface area contributed by atoms with Crippen molar-refractivity contribution in [2.75, 3.05) is 13.7 Å². The molecular weight excluding hydrogens is 398 g/mol. The van der Waals surface area contributed by atoms with Crippen molar-refractivity contribution >= 4 is 5.91 Å². The molecule has 5 heteroatoms. The highest BCUT2D eigenvalue weighted by molar-refractivity contribution is 5.92. The van der Waals surface area contributed by atoms with E-state index in [1.807, 2.05) is 6.20 Å². The Hall–Kier alpha value is -2.30. The van der Waals surface area contributed by atoms with Gasteiger partial charge in [-0.05, 0) is 67.1 Å². The predicted octanol–water partition coefficient (Wildman–Crippen LogP) is 5.28. The number of carbonyl (C=O) groups is 1. The van der Waals surface area contributed by atoms with Crippen molar-refractivity contribution in [1.29, 1.82) is 0 Å². The van der Waals surface area contributed by atoms with E-state index in [9.17, 15) is 4.79 Å². The van der Waals surface area contributed by atoms with Crippen molar-refractivity contribution in [2.45, 2.75) is 85.2 Å². The zero-order valence-electron chi connectivity index (χ0n) is 20.5. The predicted molar refractivity (Wildman–Crippen MR) is 126 cm³/mol. The number of imidazole rings is 1. The second-order valence-electron chi connectivity index (χ2n) is 11.8. The van der Waals surface area contributed by atoms with Crippen LogP contribution in [-0.4, -0.2) is 40.1 Å². The highest BCUT2D eigenvalue weighted by Gasteiger charge is 2.51. The molecule has 1 aromatic carbocycles. The molecule has 1 aromatic heterocycles. The molecule has 3 aliphatic rings. The van der Waals surface area contributed by atoms with Gasteiger partial charge in [0, 0.05) is 37.7 Å². The summed E-state index contributed by atoms with van der Waals surface area (Å²) in [6, 6.07) is 4.88. The molecule has 3 heterocycles. The maximum absolute atomic E-state index is 13.5. The van der Waals surface area contributed by atoms with E-state index in [1.54, 1.807) is 7.11 Å². The highest BCUT2D eigenvalue weighted by Crippen LogP contribution is 2.52. The van der Waals surface area contributed by atoms with Crippen LogP contribution in [0.5, 0.6) is 5.75 Å². The van der Waals surface area contributed by atoms with Gasteiger partial charge in [-0.1, -0.05) is 32.9 Å². The third-order valence-electron chi connectivity index (χ3n) is 8.05. The number of aryl methyl sites for hydroxylation is 3. The van der Waals surface area contributed by atoms with Crippen LogP contribution in [0.25, 0.3) is 0 Å². The standard InChI is InChI=1S/C27H37N3O2/c1-17-9-20(10-18(2)24(17)32-6)19-7-8-23-28-22(14-29(23)13-19)25(31)30-16-27(5)12-21(30)11-26(3,4)15-27/h9-10,14,19,21H,7-8,11-13,15-16H2,1-6H3. The number of benzene rings is 1. The summed E-state index contributed by atoms with van der Waals surface area (Å²) in [7, 11) is 1.74. The van der Waals surface area contributed by atoms with Crippen molar-refractivity contribution < 1.29 is 9.53 Å². The number of hydrogen-bond donors (Lipinski definition) is 0. The zero-order chi connectivity index (χ0) is 22.8. The molecule has 172 valence electrons. The number of nitrogens with zero attached hydrogens (tertiary/aromatic N) is 3. The van der Waals surface area contributed by atoms with Gasteiger partial charge in [0.25, 0.3) is 5.91 Å². The summed E-state index contributed by atoms with van der Waals surface area (Å²) >= 11 is 0. The van der Waals surface area contributed by atoms with Crippen LogP contribution in [0.2, 0.25) is 0 Å². The molecule has 0 N–H and O–H groups in total. The van der Waals surface area contributed by atoms with E-state index in [2.05, 4.69) is 56.2 Å². The van der Waals surface area contributed by atoms with Gasteiger partial charge in [-0.25, -0.2) is 4.98 Å². The lowest BCUT2D eigenvalue weighted by atomic mass is 9.65. The summed E-state index contributed by atoms with van der Waals surface area (Å²) in [5.41, 5.74) is 4.92. The van der Waals surface area contributed by atoms with Gasteiger partial charge in [0.2, 0.25) is 0 Å². The molecule has 1 aliphatic carbocycles. The van der Waals surface area contributed by atoms with Crippen LogP contribution in [0.1, 0.15) is 85.4 Å². The number of methoxy groups -OCH3 is 1. The number of hydrogen-bond acceptors (Lipinski definition) is 3. The molecule has 1 amide bonds. The number of fused-ring (bicyclic) bond motifs is 3. The van der Waals surface area contributed by atoms with Gasteiger partial charge >= 0.3 is 0 Å². The molecule has 32 heavy (non-hydrogen) atoms. The van der Waals surface area contributed by atoms with Crippen molar-refractivity contribution in [1.82, 2.24) is 14.5 Å². The quantitative estimate of drug-likeness (QED) is 0.659. The van der Waals surface area contributed by atoms with Crippen LogP contribution >= 0.6 is 0 Å².